The van der Waals surface area contributed by atoms with E-state index in [0.717, 1.165) is 24.2 Å². The van der Waals surface area contributed by atoms with Crippen molar-refractivity contribution in [1.29, 1.82) is 0 Å². The molecule has 1 amide bonds. The summed E-state index contributed by atoms with van der Waals surface area (Å²) < 4.78 is 5.84. The van der Waals surface area contributed by atoms with Crippen LogP contribution in [0.1, 0.15) is 41.6 Å². The summed E-state index contributed by atoms with van der Waals surface area (Å²) in [6, 6.07) is 9.15. The second kappa shape index (κ2) is 10.5. The highest BCUT2D eigenvalue weighted by atomic mass is 16.5. The van der Waals surface area contributed by atoms with Crippen LogP contribution < -0.4 is 20.7 Å². The Morgan fingerprint density at radius 2 is 1.81 bits per heavy atom. The van der Waals surface area contributed by atoms with E-state index in [2.05, 4.69) is 35.9 Å². The van der Waals surface area contributed by atoms with Gasteiger partial charge in [-0.2, -0.15) is 0 Å². The topological polar surface area (TPSA) is 114 Å². The summed E-state index contributed by atoms with van der Waals surface area (Å²) in [5.41, 5.74) is 1.61. The third-order valence-electron chi connectivity index (χ3n) is 5.14. The lowest BCUT2D eigenvalue weighted by molar-refractivity contribution is 0.0954. The summed E-state index contributed by atoms with van der Waals surface area (Å²) in [4.78, 5) is 29.3. The Balaban J connectivity index is 1.21. The van der Waals surface area contributed by atoms with Gasteiger partial charge in [0.15, 0.2) is 0 Å². The van der Waals surface area contributed by atoms with Crippen LogP contribution in [0.25, 0.3) is 0 Å². The molecule has 0 aliphatic heterocycles. The number of aryl methyl sites for hydroxylation is 1. The molecule has 0 atom stereocenters. The van der Waals surface area contributed by atoms with Gasteiger partial charge < -0.3 is 20.7 Å². The molecule has 1 aliphatic rings. The zero-order valence-electron chi connectivity index (χ0n) is 18.0. The highest BCUT2D eigenvalue weighted by Crippen LogP contribution is 2.22. The van der Waals surface area contributed by atoms with Gasteiger partial charge in [0, 0.05) is 37.6 Å². The standard InChI is InChI=1S/C23H27N7O2/c1-16-8-9-24-20(12-16)30-21-13-19(28-15-29-21)25-10-11-26-23(31)17-6-7-22(27-14-17)32-18-4-2-3-5-18/h6-9,12-15,18H,2-5,10-11H2,1H3,(H,26,31)(H2,24,25,28,29,30). The largest absolute Gasteiger partial charge is 0.474 e. The minimum Gasteiger partial charge on any atom is -0.474 e. The van der Waals surface area contributed by atoms with Gasteiger partial charge in [-0.3, -0.25) is 4.79 Å². The van der Waals surface area contributed by atoms with Crippen molar-refractivity contribution in [1.82, 2.24) is 25.3 Å². The number of anilines is 3. The van der Waals surface area contributed by atoms with E-state index in [0.29, 0.717) is 36.2 Å². The van der Waals surface area contributed by atoms with Crippen molar-refractivity contribution in [2.45, 2.75) is 38.7 Å². The highest BCUT2D eigenvalue weighted by Gasteiger charge is 2.17. The van der Waals surface area contributed by atoms with Crippen molar-refractivity contribution in [3.8, 4) is 5.88 Å². The SMILES string of the molecule is Cc1ccnc(Nc2cc(NCCNC(=O)c3ccc(OC4CCCC4)nc3)ncn2)c1. The Labute approximate surface area is 187 Å². The first-order chi connectivity index (χ1) is 15.7. The fraction of sp³-hybridized carbons (Fsp3) is 0.348. The maximum absolute atomic E-state index is 12.3. The monoisotopic (exact) mass is 433 g/mol. The average Bonchev–Trinajstić information content (AvgIpc) is 3.30. The summed E-state index contributed by atoms with van der Waals surface area (Å²) in [6.07, 6.45) is 9.57. The minimum atomic E-state index is -0.178. The number of aromatic nitrogens is 4. The maximum atomic E-state index is 12.3. The zero-order chi connectivity index (χ0) is 22.2. The molecule has 0 bridgehead atoms. The zero-order valence-corrected chi connectivity index (χ0v) is 18.0. The molecule has 9 nitrogen and oxygen atoms in total. The lowest BCUT2D eigenvalue weighted by Crippen LogP contribution is -2.29. The van der Waals surface area contributed by atoms with E-state index in [4.69, 9.17) is 4.74 Å². The fourth-order valence-electron chi connectivity index (χ4n) is 3.49. The number of carbonyl (C=O) groups excluding carboxylic acids is 1. The molecule has 0 radical (unpaired) electrons. The molecule has 1 aliphatic carbocycles. The van der Waals surface area contributed by atoms with Crippen LogP contribution >= 0.6 is 0 Å². The Hall–Kier alpha value is -3.75. The Morgan fingerprint density at radius 3 is 2.59 bits per heavy atom. The van der Waals surface area contributed by atoms with Gasteiger partial charge in [-0.25, -0.2) is 19.9 Å². The number of ether oxygens (including phenoxy) is 1. The molecule has 9 heteroatoms. The van der Waals surface area contributed by atoms with Crippen LogP contribution in [0.5, 0.6) is 5.88 Å². The first kappa shape index (κ1) is 21.5. The van der Waals surface area contributed by atoms with Gasteiger partial charge in [-0.1, -0.05) is 0 Å². The number of nitrogens with zero attached hydrogens (tertiary/aromatic N) is 4. The molecule has 3 heterocycles. The smallest absolute Gasteiger partial charge is 0.252 e. The summed E-state index contributed by atoms with van der Waals surface area (Å²) >= 11 is 0. The molecule has 1 saturated carbocycles. The number of nitrogens with one attached hydrogen (secondary N) is 3. The number of hydrogen-bond donors (Lipinski definition) is 3. The Bertz CT molecular complexity index is 1040. The lowest BCUT2D eigenvalue weighted by atomic mass is 10.2. The van der Waals surface area contributed by atoms with Crippen molar-refractivity contribution in [2.75, 3.05) is 23.7 Å². The van der Waals surface area contributed by atoms with Crippen molar-refractivity contribution < 1.29 is 9.53 Å². The maximum Gasteiger partial charge on any atom is 0.252 e. The average molecular weight is 434 g/mol. The predicted molar refractivity (Wildman–Crippen MR) is 122 cm³/mol. The van der Waals surface area contributed by atoms with Gasteiger partial charge in [-0.15, -0.1) is 0 Å². The number of pyridine rings is 2. The molecule has 3 N–H and O–H groups in total. The Kier molecular flexibility index (Phi) is 7.06. The van der Waals surface area contributed by atoms with Gasteiger partial charge in [0.25, 0.3) is 5.91 Å². The van der Waals surface area contributed by atoms with Gasteiger partial charge >= 0.3 is 0 Å². The summed E-state index contributed by atoms with van der Waals surface area (Å²) in [7, 11) is 0. The van der Waals surface area contributed by atoms with E-state index in [1.54, 1.807) is 30.6 Å². The number of carbonyl (C=O) groups is 1. The van der Waals surface area contributed by atoms with E-state index >= 15 is 0 Å². The summed E-state index contributed by atoms with van der Waals surface area (Å²) in [5.74, 6) is 2.40. The van der Waals surface area contributed by atoms with Crippen LogP contribution in [-0.4, -0.2) is 45.0 Å². The number of hydrogen-bond acceptors (Lipinski definition) is 8. The van der Waals surface area contributed by atoms with E-state index in [1.165, 1.54) is 19.2 Å². The molecule has 0 unspecified atom stereocenters. The van der Waals surface area contributed by atoms with Crippen LogP contribution in [-0.2, 0) is 0 Å². The van der Waals surface area contributed by atoms with Gasteiger partial charge in [0.1, 0.15) is 29.9 Å². The fourth-order valence-corrected chi connectivity index (χ4v) is 3.49. The predicted octanol–water partition coefficient (Wildman–Crippen LogP) is 3.48. The van der Waals surface area contributed by atoms with Crippen molar-refractivity contribution in [2.24, 2.45) is 0 Å². The lowest BCUT2D eigenvalue weighted by Gasteiger charge is -2.12. The van der Waals surface area contributed by atoms with Crippen molar-refractivity contribution in [3.63, 3.8) is 0 Å². The quantitative estimate of drug-likeness (QED) is 0.440. The van der Waals surface area contributed by atoms with E-state index in [1.807, 2.05) is 19.1 Å². The molecular weight excluding hydrogens is 406 g/mol. The van der Waals surface area contributed by atoms with E-state index < -0.39 is 0 Å². The molecule has 166 valence electrons. The third-order valence-corrected chi connectivity index (χ3v) is 5.14. The van der Waals surface area contributed by atoms with Crippen LogP contribution in [0.3, 0.4) is 0 Å². The van der Waals surface area contributed by atoms with Gasteiger partial charge in [0.2, 0.25) is 5.88 Å². The summed E-state index contributed by atoms with van der Waals surface area (Å²) in [5, 5.41) is 9.20. The van der Waals surface area contributed by atoms with Crippen LogP contribution in [0.15, 0.2) is 49.1 Å². The third kappa shape index (κ3) is 6.13. The summed E-state index contributed by atoms with van der Waals surface area (Å²) in [6.45, 7) is 2.95. The van der Waals surface area contributed by atoms with E-state index in [-0.39, 0.29) is 12.0 Å². The van der Waals surface area contributed by atoms with Crippen LogP contribution in [0.2, 0.25) is 0 Å². The molecule has 3 aromatic rings. The highest BCUT2D eigenvalue weighted by molar-refractivity contribution is 5.93. The van der Waals surface area contributed by atoms with Crippen LogP contribution in [0, 0.1) is 6.92 Å². The second-order valence-electron chi connectivity index (χ2n) is 7.72. The molecule has 32 heavy (non-hydrogen) atoms. The molecule has 0 aromatic carbocycles. The molecule has 0 saturated heterocycles. The Morgan fingerprint density at radius 1 is 1.00 bits per heavy atom. The molecule has 0 spiro atoms. The molecule has 3 aromatic heterocycles. The first-order valence-corrected chi connectivity index (χ1v) is 10.8. The molecule has 4 rings (SSSR count). The number of amides is 1. The van der Waals surface area contributed by atoms with E-state index in [9.17, 15) is 4.79 Å². The number of rotatable bonds is 9. The molecular formula is C23H27N7O2. The van der Waals surface area contributed by atoms with Gasteiger partial charge in [-0.05, 0) is 56.4 Å². The second-order valence-corrected chi connectivity index (χ2v) is 7.72. The van der Waals surface area contributed by atoms with Gasteiger partial charge in [0.05, 0.1) is 5.56 Å². The first-order valence-electron chi connectivity index (χ1n) is 10.8. The normalized spacial score (nSPS) is 13.5. The van der Waals surface area contributed by atoms with Crippen LogP contribution in [0.4, 0.5) is 17.5 Å². The van der Waals surface area contributed by atoms with Crippen molar-refractivity contribution >= 4 is 23.4 Å². The minimum absolute atomic E-state index is 0.178. The molecule has 1 fully saturated rings. The van der Waals surface area contributed by atoms with Crippen molar-refractivity contribution in [3.05, 3.63) is 60.2 Å².